The molecule has 0 atom stereocenters. The quantitative estimate of drug-likeness (QED) is 0.584. The minimum Gasteiger partial charge on any atom is -0.198 e. The molecule has 1 heteroatoms. The second kappa shape index (κ2) is 2.76. The van der Waals surface area contributed by atoms with E-state index in [1.165, 1.54) is 6.42 Å². The maximum Gasteiger partial charge on any atom is 0.0687 e. The van der Waals surface area contributed by atoms with E-state index in [1.54, 1.807) is 0 Å². The first-order chi connectivity index (χ1) is 5.35. The summed E-state index contributed by atoms with van der Waals surface area (Å²) in [6, 6.07) is 2.39. The fraction of sp³-hybridized carbons (Fsp3) is 0.909. The minimum atomic E-state index is 0.00984. The van der Waals surface area contributed by atoms with Crippen LogP contribution in [0.5, 0.6) is 0 Å². The van der Waals surface area contributed by atoms with E-state index in [4.69, 9.17) is 5.26 Å². The third-order valence-electron chi connectivity index (χ3n) is 2.65. The maximum atomic E-state index is 8.81. The fourth-order valence-corrected chi connectivity index (χ4v) is 2.32. The number of hydrogen-bond donors (Lipinski definition) is 0. The molecule has 1 rings (SSSR count). The zero-order valence-corrected chi connectivity index (χ0v) is 8.65. The van der Waals surface area contributed by atoms with Crippen LogP contribution in [0.1, 0.15) is 47.0 Å². The van der Waals surface area contributed by atoms with Crippen molar-refractivity contribution in [3.63, 3.8) is 0 Å². The Labute approximate surface area is 75.8 Å². The molecule has 68 valence electrons. The zero-order valence-electron chi connectivity index (χ0n) is 8.65. The molecule has 0 N–H and O–H groups in total. The van der Waals surface area contributed by atoms with Crippen molar-refractivity contribution in [1.82, 2.24) is 0 Å². The van der Waals surface area contributed by atoms with Crippen molar-refractivity contribution in [1.29, 1.82) is 5.26 Å². The van der Waals surface area contributed by atoms with E-state index in [0.717, 1.165) is 18.8 Å². The van der Waals surface area contributed by atoms with Gasteiger partial charge in [0.05, 0.1) is 11.5 Å². The normalized spacial score (nSPS) is 35.4. The lowest BCUT2D eigenvalue weighted by atomic mass is 9.60. The molecule has 0 radical (unpaired) electrons. The molecule has 0 bridgehead atoms. The Morgan fingerprint density at radius 2 is 1.92 bits per heavy atom. The van der Waals surface area contributed by atoms with Crippen LogP contribution in [-0.2, 0) is 0 Å². The van der Waals surface area contributed by atoms with Crippen molar-refractivity contribution in [3.05, 3.63) is 0 Å². The average molecular weight is 165 g/mol. The summed E-state index contributed by atoms with van der Waals surface area (Å²) < 4.78 is 0. The Kier molecular flexibility index (Phi) is 2.21. The van der Waals surface area contributed by atoms with E-state index in [1.807, 2.05) is 0 Å². The van der Waals surface area contributed by atoms with Crippen LogP contribution in [0.2, 0.25) is 0 Å². The Bertz CT molecular complexity index is 198. The molecule has 0 aromatic carbocycles. The molecule has 0 saturated heterocycles. The van der Waals surface area contributed by atoms with E-state index in [2.05, 4.69) is 33.8 Å². The smallest absolute Gasteiger partial charge is 0.0687 e. The van der Waals surface area contributed by atoms with Crippen LogP contribution >= 0.6 is 0 Å². The van der Waals surface area contributed by atoms with Gasteiger partial charge < -0.3 is 0 Å². The van der Waals surface area contributed by atoms with Crippen molar-refractivity contribution < 1.29 is 0 Å². The van der Waals surface area contributed by atoms with Crippen molar-refractivity contribution in [2.24, 2.45) is 16.7 Å². The number of hydrogen-bond acceptors (Lipinski definition) is 1. The van der Waals surface area contributed by atoms with E-state index >= 15 is 0 Å². The van der Waals surface area contributed by atoms with Crippen LogP contribution in [0.15, 0.2) is 0 Å². The molecule has 1 aliphatic rings. The highest BCUT2D eigenvalue weighted by Crippen LogP contribution is 2.49. The summed E-state index contributed by atoms with van der Waals surface area (Å²) in [7, 11) is 0. The van der Waals surface area contributed by atoms with Gasteiger partial charge in [-0.15, -0.1) is 0 Å². The Hall–Kier alpha value is -0.510. The molecule has 1 nitrogen and oxygen atoms in total. The van der Waals surface area contributed by atoms with Gasteiger partial charge in [-0.2, -0.15) is 5.26 Å². The van der Waals surface area contributed by atoms with Gasteiger partial charge in [0.1, 0.15) is 0 Å². The molecule has 0 aliphatic heterocycles. The van der Waals surface area contributed by atoms with Gasteiger partial charge in [0.25, 0.3) is 0 Å². The molecular formula is C11H19N. The van der Waals surface area contributed by atoms with Gasteiger partial charge in [0.2, 0.25) is 0 Å². The van der Waals surface area contributed by atoms with Gasteiger partial charge in [-0.05, 0) is 37.5 Å². The number of rotatable bonds is 1. The van der Waals surface area contributed by atoms with Crippen LogP contribution in [-0.4, -0.2) is 0 Å². The molecule has 12 heavy (non-hydrogen) atoms. The summed E-state index contributed by atoms with van der Waals surface area (Å²) in [5.41, 5.74) is 0.442. The summed E-state index contributed by atoms with van der Waals surface area (Å²) in [6.07, 6.45) is 3.49. The SMILES string of the molecule is CC(C)(C)CC1CC(C)(C#N)C1. The van der Waals surface area contributed by atoms with Gasteiger partial charge in [-0.25, -0.2) is 0 Å². The van der Waals surface area contributed by atoms with E-state index in [-0.39, 0.29) is 5.41 Å². The van der Waals surface area contributed by atoms with Crippen LogP contribution in [0.25, 0.3) is 0 Å². The van der Waals surface area contributed by atoms with Crippen LogP contribution in [0, 0.1) is 28.1 Å². The number of nitriles is 1. The first-order valence-corrected chi connectivity index (χ1v) is 4.76. The lowest BCUT2D eigenvalue weighted by Gasteiger charge is -2.42. The zero-order chi connectivity index (χ0) is 9.41. The molecule has 1 saturated carbocycles. The first kappa shape index (κ1) is 9.58. The van der Waals surface area contributed by atoms with Crippen LogP contribution in [0.4, 0.5) is 0 Å². The second-order valence-electron chi connectivity index (χ2n) is 5.71. The Morgan fingerprint density at radius 1 is 1.42 bits per heavy atom. The summed E-state index contributed by atoms with van der Waals surface area (Å²) >= 11 is 0. The Balaban J connectivity index is 2.32. The summed E-state index contributed by atoms with van der Waals surface area (Å²) in [6.45, 7) is 8.89. The summed E-state index contributed by atoms with van der Waals surface area (Å²) in [5.74, 6) is 0.801. The molecule has 0 amide bonds. The summed E-state index contributed by atoms with van der Waals surface area (Å²) in [5, 5.41) is 8.81. The Morgan fingerprint density at radius 3 is 2.25 bits per heavy atom. The fourth-order valence-electron chi connectivity index (χ4n) is 2.32. The highest BCUT2D eigenvalue weighted by atomic mass is 14.5. The molecule has 0 aromatic heterocycles. The van der Waals surface area contributed by atoms with E-state index in [9.17, 15) is 0 Å². The predicted octanol–water partition coefficient (Wildman–Crippen LogP) is 3.36. The van der Waals surface area contributed by atoms with Crippen molar-refractivity contribution >= 4 is 0 Å². The highest BCUT2D eigenvalue weighted by Gasteiger charge is 2.41. The van der Waals surface area contributed by atoms with Crippen molar-refractivity contribution in [3.8, 4) is 6.07 Å². The molecule has 0 spiro atoms. The van der Waals surface area contributed by atoms with Gasteiger partial charge in [0, 0.05) is 0 Å². The van der Waals surface area contributed by atoms with Crippen molar-refractivity contribution in [2.45, 2.75) is 47.0 Å². The molecule has 0 unspecified atom stereocenters. The second-order valence-corrected chi connectivity index (χ2v) is 5.71. The standard InChI is InChI=1S/C11H19N/c1-10(2,3)5-9-6-11(4,7-9)8-12/h9H,5-7H2,1-4H3. The van der Waals surface area contributed by atoms with Gasteiger partial charge in [-0.1, -0.05) is 20.8 Å². The van der Waals surface area contributed by atoms with Gasteiger partial charge in [0.15, 0.2) is 0 Å². The van der Waals surface area contributed by atoms with Crippen LogP contribution < -0.4 is 0 Å². The molecule has 1 fully saturated rings. The highest BCUT2D eigenvalue weighted by molar-refractivity contribution is 5.05. The van der Waals surface area contributed by atoms with Crippen LogP contribution in [0.3, 0.4) is 0 Å². The lowest BCUT2D eigenvalue weighted by Crippen LogP contribution is -2.35. The van der Waals surface area contributed by atoms with Gasteiger partial charge in [-0.3, -0.25) is 0 Å². The van der Waals surface area contributed by atoms with E-state index < -0.39 is 0 Å². The third kappa shape index (κ3) is 2.24. The average Bonchev–Trinajstić information content (AvgIpc) is 1.81. The van der Waals surface area contributed by atoms with Gasteiger partial charge >= 0.3 is 0 Å². The van der Waals surface area contributed by atoms with E-state index in [0.29, 0.717) is 5.41 Å². The molecule has 0 heterocycles. The monoisotopic (exact) mass is 165 g/mol. The summed E-state index contributed by atoms with van der Waals surface area (Å²) in [4.78, 5) is 0. The minimum absolute atomic E-state index is 0.00984. The molecule has 1 aliphatic carbocycles. The maximum absolute atomic E-state index is 8.81. The lowest BCUT2D eigenvalue weighted by molar-refractivity contribution is 0.0944. The van der Waals surface area contributed by atoms with Crippen molar-refractivity contribution in [2.75, 3.05) is 0 Å². The molecule has 0 aromatic rings. The largest absolute Gasteiger partial charge is 0.198 e. The third-order valence-corrected chi connectivity index (χ3v) is 2.65. The first-order valence-electron chi connectivity index (χ1n) is 4.76. The number of nitrogens with zero attached hydrogens (tertiary/aromatic N) is 1. The molecular weight excluding hydrogens is 146 g/mol. The topological polar surface area (TPSA) is 23.8 Å². The predicted molar refractivity (Wildman–Crippen MR) is 50.5 cm³/mol.